The molecule has 0 aliphatic carbocycles. The highest BCUT2D eigenvalue weighted by Crippen LogP contribution is 2.32. The minimum Gasteiger partial charge on any atom is -0.496 e. The molecule has 2 atom stereocenters. The fourth-order valence-electron chi connectivity index (χ4n) is 2.56. The second-order valence-electron chi connectivity index (χ2n) is 5.05. The SMILES string of the molecule is CCCC(C)C(NCC)c1cc(C)ccc1OC. The van der Waals surface area contributed by atoms with Crippen LogP contribution in [0.4, 0.5) is 0 Å². The van der Waals surface area contributed by atoms with Gasteiger partial charge in [0, 0.05) is 11.6 Å². The van der Waals surface area contributed by atoms with Crippen LogP contribution in [-0.4, -0.2) is 13.7 Å². The Morgan fingerprint density at radius 1 is 1.28 bits per heavy atom. The molecule has 0 saturated heterocycles. The quantitative estimate of drug-likeness (QED) is 0.786. The Morgan fingerprint density at radius 3 is 2.56 bits per heavy atom. The Bertz CT molecular complexity index is 362. The summed E-state index contributed by atoms with van der Waals surface area (Å²) in [4.78, 5) is 0. The molecule has 1 aromatic rings. The average Bonchev–Trinajstić information content (AvgIpc) is 2.36. The van der Waals surface area contributed by atoms with E-state index >= 15 is 0 Å². The molecule has 0 aliphatic heterocycles. The second kappa shape index (κ2) is 7.42. The van der Waals surface area contributed by atoms with E-state index in [2.05, 4.69) is 51.2 Å². The van der Waals surface area contributed by atoms with Crippen LogP contribution in [0.1, 0.15) is 50.8 Å². The van der Waals surface area contributed by atoms with Gasteiger partial charge in [-0.3, -0.25) is 0 Å². The van der Waals surface area contributed by atoms with Crippen molar-refractivity contribution in [2.45, 2.75) is 46.6 Å². The minimum absolute atomic E-state index is 0.379. The van der Waals surface area contributed by atoms with Crippen molar-refractivity contribution in [3.63, 3.8) is 0 Å². The normalized spacial score (nSPS) is 14.3. The number of benzene rings is 1. The molecule has 1 aromatic carbocycles. The van der Waals surface area contributed by atoms with Crippen LogP contribution in [0, 0.1) is 12.8 Å². The molecule has 0 heterocycles. The molecule has 0 amide bonds. The lowest BCUT2D eigenvalue weighted by Crippen LogP contribution is -2.27. The van der Waals surface area contributed by atoms with Crippen LogP contribution in [-0.2, 0) is 0 Å². The Hall–Kier alpha value is -1.02. The van der Waals surface area contributed by atoms with Gasteiger partial charge in [-0.15, -0.1) is 0 Å². The van der Waals surface area contributed by atoms with Crippen LogP contribution in [0.5, 0.6) is 5.75 Å². The van der Waals surface area contributed by atoms with Gasteiger partial charge in [-0.25, -0.2) is 0 Å². The predicted molar refractivity (Wildman–Crippen MR) is 78.2 cm³/mol. The molecule has 0 spiro atoms. The van der Waals surface area contributed by atoms with E-state index in [1.165, 1.54) is 24.0 Å². The molecular weight excluding hydrogens is 222 g/mol. The Balaban J connectivity index is 3.06. The third-order valence-corrected chi connectivity index (χ3v) is 3.46. The molecule has 18 heavy (non-hydrogen) atoms. The number of hydrogen-bond acceptors (Lipinski definition) is 2. The maximum absolute atomic E-state index is 5.52. The highest BCUT2D eigenvalue weighted by molar-refractivity contribution is 5.39. The Kier molecular flexibility index (Phi) is 6.20. The van der Waals surface area contributed by atoms with Gasteiger partial charge in [-0.2, -0.15) is 0 Å². The summed E-state index contributed by atoms with van der Waals surface area (Å²) in [5.74, 6) is 1.61. The molecule has 0 aromatic heterocycles. The van der Waals surface area contributed by atoms with E-state index in [-0.39, 0.29) is 0 Å². The van der Waals surface area contributed by atoms with Gasteiger partial charge >= 0.3 is 0 Å². The van der Waals surface area contributed by atoms with Gasteiger partial charge in [0.15, 0.2) is 0 Å². The number of nitrogens with one attached hydrogen (secondary N) is 1. The molecular formula is C16H27NO. The monoisotopic (exact) mass is 249 g/mol. The maximum Gasteiger partial charge on any atom is 0.123 e. The van der Waals surface area contributed by atoms with Crippen molar-refractivity contribution in [3.05, 3.63) is 29.3 Å². The summed E-state index contributed by atoms with van der Waals surface area (Å²) in [6.07, 6.45) is 2.45. The molecule has 1 N–H and O–H groups in total. The molecule has 102 valence electrons. The molecule has 0 bridgehead atoms. The minimum atomic E-state index is 0.379. The standard InChI is InChI=1S/C16H27NO/c1-6-8-13(4)16(17-7-2)14-11-12(3)9-10-15(14)18-5/h9-11,13,16-17H,6-8H2,1-5H3. The fraction of sp³-hybridized carbons (Fsp3) is 0.625. The fourth-order valence-corrected chi connectivity index (χ4v) is 2.56. The maximum atomic E-state index is 5.52. The largest absolute Gasteiger partial charge is 0.496 e. The smallest absolute Gasteiger partial charge is 0.123 e. The van der Waals surface area contributed by atoms with Gasteiger partial charge in [-0.05, 0) is 31.9 Å². The first-order chi connectivity index (χ1) is 8.63. The number of methoxy groups -OCH3 is 1. The molecule has 2 heteroatoms. The lowest BCUT2D eigenvalue weighted by molar-refractivity contribution is 0.346. The first kappa shape index (κ1) is 15.0. The number of ether oxygens (including phenoxy) is 1. The van der Waals surface area contributed by atoms with Gasteiger partial charge in [0.2, 0.25) is 0 Å². The topological polar surface area (TPSA) is 21.3 Å². The van der Waals surface area contributed by atoms with Crippen LogP contribution in [0.25, 0.3) is 0 Å². The Morgan fingerprint density at radius 2 is 2.00 bits per heavy atom. The van der Waals surface area contributed by atoms with Crippen molar-refractivity contribution in [3.8, 4) is 5.75 Å². The van der Waals surface area contributed by atoms with Crippen molar-refractivity contribution in [1.82, 2.24) is 5.32 Å². The summed E-state index contributed by atoms with van der Waals surface area (Å²) in [5.41, 5.74) is 2.58. The first-order valence-corrected chi connectivity index (χ1v) is 7.01. The van der Waals surface area contributed by atoms with E-state index in [1.54, 1.807) is 7.11 Å². The summed E-state index contributed by atoms with van der Waals surface area (Å²) in [7, 11) is 1.75. The third kappa shape index (κ3) is 3.74. The number of hydrogen-bond donors (Lipinski definition) is 1. The average molecular weight is 249 g/mol. The van der Waals surface area contributed by atoms with Crippen LogP contribution >= 0.6 is 0 Å². The van der Waals surface area contributed by atoms with Crippen LogP contribution in [0.3, 0.4) is 0 Å². The molecule has 0 aliphatic rings. The molecule has 0 radical (unpaired) electrons. The summed E-state index contributed by atoms with van der Waals surface area (Å²) in [6.45, 7) is 9.84. The van der Waals surface area contributed by atoms with E-state index in [9.17, 15) is 0 Å². The summed E-state index contributed by atoms with van der Waals surface area (Å²) in [5, 5.41) is 3.61. The molecule has 2 unspecified atom stereocenters. The van der Waals surface area contributed by atoms with E-state index in [4.69, 9.17) is 4.74 Å². The zero-order valence-corrected chi connectivity index (χ0v) is 12.4. The third-order valence-electron chi connectivity index (χ3n) is 3.46. The van der Waals surface area contributed by atoms with Crippen molar-refractivity contribution < 1.29 is 4.74 Å². The lowest BCUT2D eigenvalue weighted by Gasteiger charge is -2.27. The van der Waals surface area contributed by atoms with Gasteiger partial charge in [0.1, 0.15) is 5.75 Å². The zero-order chi connectivity index (χ0) is 13.5. The van der Waals surface area contributed by atoms with Gasteiger partial charge in [0.25, 0.3) is 0 Å². The summed E-state index contributed by atoms with van der Waals surface area (Å²) < 4.78 is 5.52. The number of aryl methyl sites for hydroxylation is 1. The number of rotatable bonds is 7. The van der Waals surface area contributed by atoms with Crippen molar-refractivity contribution in [2.75, 3.05) is 13.7 Å². The van der Waals surface area contributed by atoms with Crippen LogP contribution in [0.2, 0.25) is 0 Å². The highest BCUT2D eigenvalue weighted by Gasteiger charge is 2.21. The van der Waals surface area contributed by atoms with E-state index in [1.807, 2.05) is 0 Å². The van der Waals surface area contributed by atoms with Crippen molar-refractivity contribution in [1.29, 1.82) is 0 Å². The highest BCUT2D eigenvalue weighted by atomic mass is 16.5. The van der Waals surface area contributed by atoms with Crippen molar-refractivity contribution >= 4 is 0 Å². The van der Waals surface area contributed by atoms with Gasteiger partial charge < -0.3 is 10.1 Å². The molecule has 0 saturated carbocycles. The zero-order valence-electron chi connectivity index (χ0n) is 12.4. The molecule has 1 rings (SSSR count). The molecule has 0 fully saturated rings. The van der Waals surface area contributed by atoms with Gasteiger partial charge in [0.05, 0.1) is 7.11 Å². The van der Waals surface area contributed by atoms with Gasteiger partial charge in [-0.1, -0.05) is 44.9 Å². The van der Waals surface area contributed by atoms with Crippen molar-refractivity contribution in [2.24, 2.45) is 5.92 Å². The van der Waals surface area contributed by atoms with E-state index in [0.29, 0.717) is 12.0 Å². The van der Waals surface area contributed by atoms with Crippen LogP contribution in [0.15, 0.2) is 18.2 Å². The van der Waals surface area contributed by atoms with E-state index < -0.39 is 0 Å². The lowest BCUT2D eigenvalue weighted by atomic mass is 9.89. The molecule has 2 nitrogen and oxygen atoms in total. The Labute approximate surface area is 112 Å². The second-order valence-corrected chi connectivity index (χ2v) is 5.05. The predicted octanol–water partition coefficient (Wildman–Crippen LogP) is 4.09. The first-order valence-electron chi connectivity index (χ1n) is 7.01. The summed E-state index contributed by atoms with van der Waals surface area (Å²) in [6, 6.07) is 6.81. The summed E-state index contributed by atoms with van der Waals surface area (Å²) >= 11 is 0. The van der Waals surface area contributed by atoms with Crippen LogP contribution < -0.4 is 10.1 Å². The van der Waals surface area contributed by atoms with E-state index in [0.717, 1.165) is 12.3 Å².